The molecule has 2 rings (SSSR count). The summed E-state index contributed by atoms with van der Waals surface area (Å²) in [6.07, 6.45) is 2.00. The lowest BCUT2D eigenvalue weighted by molar-refractivity contribution is -0.157. The minimum Gasteiger partial charge on any atom is -0.387 e. The maximum atomic E-state index is 5.81. The second kappa shape index (κ2) is 4.70. The highest BCUT2D eigenvalue weighted by Gasteiger charge is 2.34. The van der Waals surface area contributed by atoms with Crippen LogP contribution in [0.5, 0.6) is 0 Å². The molecular weight excluding hydrogens is 232 g/mol. The van der Waals surface area contributed by atoms with Crippen LogP contribution >= 0.6 is 11.3 Å². The molecule has 94 valence electrons. The Hall–Kier alpha value is -1.00. The van der Waals surface area contributed by atoms with E-state index in [1.807, 2.05) is 11.1 Å². The molecule has 2 atom stereocenters. The average Bonchev–Trinajstić information content (AvgIpc) is 2.83. The van der Waals surface area contributed by atoms with Gasteiger partial charge in [0.05, 0.1) is 0 Å². The molecule has 0 spiro atoms. The molecular formula is C13H20N2OS. The summed E-state index contributed by atoms with van der Waals surface area (Å²) in [5, 5.41) is 4.13. The Morgan fingerprint density at radius 3 is 2.65 bits per heavy atom. The van der Waals surface area contributed by atoms with E-state index in [1.54, 1.807) is 11.3 Å². The minimum absolute atomic E-state index is 0.160. The van der Waals surface area contributed by atoms with Gasteiger partial charge in [0.2, 0.25) is 5.88 Å². The van der Waals surface area contributed by atoms with Crippen molar-refractivity contribution in [1.29, 1.82) is 0 Å². The lowest BCUT2D eigenvalue weighted by Gasteiger charge is -2.30. The molecule has 0 aliphatic carbocycles. The molecule has 1 aliphatic rings. The topological polar surface area (TPSA) is 38.5 Å². The van der Waals surface area contributed by atoms with Crippen LogP contribution in [0.25, 0.3) is 0 Å². The summed E-state index contributed by atoms with van der Waals surface area (Å²) < 4.78 is 0. The molecule has 17 heavy (non-hydrogen) atoms. The van der Waals surface area contributed by atoms with Gasteiger partial charge in [-0.3, -0.25) is 0 Å². The average molecular weight is 252 g/mol. The van der Waals surface area contributed by atoms with Gasteiger partial charge >= 0.3 is 0 Å². The number of rotatable bonds is 3. The first kappa shape index (κ1) is 12.5. The number of hydroxylamine groups is 2. The molecule has 0 saturated carbocycles. The summed E-state index contributed by atoms with van der Waals surface area (Å²) in [5.41, 5.74) is 7.11. The summed E-state index contributed by atoms with van der Waals surface area (Å²) in [4.78, 5) is 6.97. The molecule has 3 nitrogen and oxygen atoms in total. The molecule has 1 aliphatic heterocycles. The van der Waals surface area contributed by atoms with E-state index < -0.39 is 0 Å². The van der Waals surface area contributed by atoms with Gasteiger partial charge in [-0.15, -0.1) is 16.4 Å². The maximum absolute atomic E-state index is 5.81. The number of hydrogen-bond donors (Lipinski definition) is 1. The molecule has 0 fully saturated rings. The van der Waals surface area contributed by atoms with E-state index in [-0.39, 0.29) is 6.04 Å². The van der Waals surface area contributed by atoms with Crippen molar-refractivity contribution >= 4 is 11.3 Å². The first-order valence-electron chi connectivity index (χ1n) is 5.98. The molecule has 0 aromatic carbocycles. The molecule has 0 saturated heterocycles. The minimum atomic E-state index is 0.160. The van der Waals surface area contributed by atoms with Crippen molar-refractivity contribution in [3.63, 3.8) is 0 Å². The van der Waals surface area contributed by atoms with Gasteiger partial charge in [-0.25, -0.2) is 0 Å². The molecule has 1 aromatic heterocycles. The molecule has 1 aromatic rings. The van der Waals surface area contributed by atoms with Gasteiger partial charge in [0.1, 0.15) is 6.04 Å². The van der Waals surface area contributed by atoms with Crippen LogP contribution in [0, 0.1) is 12.8 Å². The Morgan fingerprint density at radius 2 is 2.12 bits per heavy atom. The first-order chi connectivity index (χ1) is 8.00. The second-order valence-electron chi connectivity index (χ2n) is 4.92. The van der Waals surface area contributed by atoms with Gasteiger partial charge in [-0.1, -0.05) is 13.8 Å². The van der Waals surface area contributed by atoms with E-state index in [0.29, 0.717) is 17.8 Å². The number of aryl methyl sites for hydroxylation is 1. The van der Waals surface area contributed by atoms with Crippen molar-refractivity contribution in [3.8, 4) is 0 Å². The van der Waals surface area contributed by atoms with Crippen LogP contribution in [0.4, 0.5) is 0 Å². The number of nitrogens with zero attached hydrogens (tertiary/aromatic N) is 1. The fourth-order valence-corrected chi connectivity index (χ4v) is 2.93. The number of thiophene rings is 1. The van der Waals surface area contributed by atoms with Crippen molar-refractivity contribution in [3.05, 3.63) is 33.8 Å². The third kappa shape index (κ3) is 2.33. The van der Waals surface area contributed by atoms with Crippen molar-refractivity contribution in [1.82, 2.24) is 5.06 Å². The third-order valence-corrected chi connectivity index (χ3v) is 4.43. The van der Waals surface area contributed by atoms with Crippen molar-refractivity contribution in [2.24, 2.45) is 11.7 Å². The lowest BCUT2D eigenvalue weighted by atomic mass is 10.0. The number of nitrogens with two attached hydrogens (primary N) is 1. The van der Waals surface area contributed by atoms with E-state index in [9.17, 15) is 0 Å². The Kier molecular flexibility index (Phi) is 3.45. The highest BCUT2D eigenvalue weighted by molar-refractivity contribution is 7.10. The standard InChI is InChI=1S/C13H20N2OS/c1-8(2)10(4)15-11(7-12(14)16-15)13-9(3)5-6-17-13/h5-8,10-11H,14H2,1-4H3. The SMILES string of the molecule is Cc1ccsc1C1C=C(N)ON1C(C)C(C)C. The number of hydrogen-bond acceptors (Lipinski definition) is 4. The monoisotopic (exact) mass is 252 g/mol. The predicted molar refractivity (Wildman–Crippen MR) is 71.3 cm³/mol. The van der Waals surface area contributed by atoms with Crippen molar-refractivity contribution in [2.45, 2.75) is 39.8 Å². The van der Waals surface area contributed by atoms with Crippen LogP contribution < -0.4 is 5.73 Å². The molecule has 0 radical (unpaired) electrons. The summed E-state index contributed by atoms with van der Waals surface area (Å²) in [7, 11) is 0. The zero-order valence-electron chi connectivity index (χ0n) is 10.8. The largest absolute Gasteiger partial charge is 0.387 e. The third-order valence-electron chi connectivity index (χ3n) is 3.34. The summed E-state index contributed by atoms with van der Waals surface area (Å²) >= 11 is 1.76. The Morgan fingerprint density at radius 1 is 1.41 bits per heavy atom. The smallest absolute Gasteiger partial charge is 0.207 e. The van der Waals surface area contributed by atoms with E-state index >= 15 is 0 Å². The van der Waals surface area contributed by atoms with E-state index in [0.717, 1.165) is 0 Å². The molecule has 2 heterocycles. The Bertz CT molecular complexity index is 425. The second-order valence-corrected chi connectivity index (χ2v) is 5.87. The van der Waals surface area contributed by atoms with Gasteiger partial charge in [-0.2, -0.15) is 0 Å². The normalized spacial score (nSPS) is 22.6. The summed E-state index contributed by atoms with van der Waals surface area (Å²) in [6.45, 7) is 8.70. The van der Waals surface area contributed by atoms with Gasteiger partial charge in [0.25, 0.3) is 0 Å². The van der Waals surface area contributed by atoms with E-state index in [1.165, 1.54) is 10.4 Å². The van der Waals surface area contributed by atoms with Gasteiger partial charge in [0.15, 0.2) is 0 Å². The molecule has 4 heteroatoms. The quantitative estimate of drug-likeness (QED) is 0.898. The van der Waals surface area contributed by atoms with Crippen molar-refractivity contribution < 1.29 is 4.84 Å². The van der Waals surface area contributed by atoms with Gasteiger partial charge in [-0.05, 0) is 36.8 Å². The molecule has 0 bridgehead atoms. The van der Waals surface area contributed by atoms with Crippen LogP contribution in [-0.4, -0.2) is 11.1 Å². The van der Waals surface area contributed by atoms with Gasteiger partial charge < -0.3 is 10.6 Å². The molecule has 0 amide bonds. The van der Waals surface area contributed by atoms with Gasteiger partial charge in [0, 0.05) is 17.0 Å². The molecule has 2 unspecified atom stereocenters. The zero-order valence-corrected chi connectivity index (χ0v) is 11.6. The fraction of sp³-hybridized carbons (Fsp3) is 0.538. The fourth-order valence-electron chi connectivity index (χ4n) is 1.95. The van der Waals surface area contributed by atoms with E-state index in [4.69, 9.17) is 10.6 Å². The van der Waals surface area contributed by atoms with Crippen LogP contribution in [0.1, 0.15) is 37.3 Å². The van der Waals surface area contributed by atoms with Crippen LogP contribution in [-0.2, 0) is 4.84 Å². The maximum Gasteiger partial charge on any atom is 0.207 e. The molecule has 2 N–H and O–H groups in total. The highest BCUT2D eigenvalue weighted by Crippen LogP contribution is 2.37. The lowest BCUT2D eigenvalue weighted by Crippen LogP contribution is -2.36. The Labute approximate surface area is 107 Å². The predicted octanol–water partition coefficient (Wildman–Crippen LogP) is 3.19. The van der Waals surface area contributed by atoms with Crippen LogP contribution in [0.2, 0.25) is 0 Å². The summed E-state index contributed by atoms with van der Waals surface area (Å²) in [6, 6.07) is 2.63. The van der Waals surface area contributed by atoms with Crippen LogP contribution in [0.15, 0.2) is 23.4 Å². The summed E-state index contributed by atoms with van der Waals surface area (Å²) in [5.74, 6) is 1.03. The zero-order chi connectivity index (χ0) is 12.6. The Balaban J connectivity index is 2.27. The first-order valence-corrected chi connectivity index (χ1v) is 6.86. The van der Waals surface area contributed by atoms with Crippen molar-refractivity contribution in [2.75, 3.05) is 0 Å². The highest BCUT2D eigenvalue weighted by atomic mass is 32.1. The van der Waals surface area contributed by atoms with Crippen LogP contribution in [0.3, 0.4) is 0 Å². The van der Waals surface area contributed by atoms with E-state index in [2.05, 4.69) is 39.1 Å².